The van der Waals surface area contributed by atoms with Gasteiger partial charge in [0.05, 0.1) is 5.69 Å². The molecule has 0 aliphatic heterocycles. The first-order chi connectivity index (χ1) is 17.7. The minimum Gasteiger partial charge on any atom is -0.461 e. The first-order valence-electron chi connectivity index (χ1n) is 13.3. The minimum absolute atomic E-state index is 0.00615. The van der Waals surface area contributed by atoms with Gasteiger partial charge in [0.15, 0.2) is 5.76 Å². The molecule has 3 atom stereocenters. The third kappa shape index (κ3) is 5.35. The van der Waals surface area contributed by atoms with Crippen LogP contribution in [0.15, 0.2) is 71.1 Å². The lowest BCUT2D eigenvalue weighted by atomic mass is 9.69. The Morgan fingerprint density at radius 3 is 2.69 bits per heavy atom. The lowest BCUT2D eigenvalue weighted by Gasteiger charge is -2.44. The summed E-state index contributed by atoms with van der Waals surface area (Å²) in [5.41, 5.74) is 1.45. The molecule has 36 heavy (non-hydrogen) atoms. The van der Waals surface area contributed by atoms with Crippen LogP contribution in [-0.4, -0.2) is 23.8 Å². The first-order valence-corrected chi connectivity index (χ1v) is 14.2. The van der Waals surface area contributed by atoms with E-state index in [0.29, 0.717) is 18.4 Å². The molecule has 0 saturated heterocycles. The highest BCUT2D eigenvalue weighted by Crippen LogP contribution is 2.45. The van der Waals surface area contributed by atoms with Gasteiger partial charge in [0.1, 0.15) is 11.5 Å². The van der Waals surface area contributed by atoms with Crippen molar-refractivity contribution in [1.82, 2.24) is 10.5 Å². The van der Waals surface area contributed by atoms with Crippen LogP contribution in [0, 0.1) is 11.8 Å². The average Bonchev–Trinajstić information content (AvgIpc) is 3.55. The molecule has 2 heterocycles. The van der Waals surface area contributed by atoms with Gasteiger partial charge in [0.25, 0.3) is 0 Å². The fourth-order valence-corrected chi connectivity index (χ4v) is 6.78. The van der Waals surface area contributed by atoms with Gasteiger partial charge < -0.3 is 14.6 Å². The van der Waals surface area contributed by atoms with Crippen molar-refractivity contribution in [3.05, 3.63) is 77.1 Å². The van der Waals surface area contributed by atoms with Crippen LogP contribution in [0.4, 0.5) is 0 Å². The summed E-state index contributed by atoms with van der Waals surface area (Å²) in [7, 11) is 0. The van der Waals surface area contributed by atoms with E-state index in [4.69, 9.17) is 9.26 Å². The Morgan fingerprint density at radius 2 is 1.97 bits per heavy atom. The number of carbonyl (C=O) groups is 1. The Morgan fingerprint density at radius 1 is 1.17 bits per heavy atom. The number of nitrogens with zero attached hydrogens (tertiary/aromatic N) is 1. The summed E-state index contributed by atoms with van der Waals surface area (Å²) in [6.07, 6.45) is 10.2. The Bertz CT molecular complexity index is 1120. The van der Waals surface area contributed by atoms with Crippen LogP contribution in [0.1, 0.15) is 61.9 Å². The van der Waals surface area contributed by atoms with Crippen LogP contribution < -0.4 is 5.32 Å². The number of hydrogen-bond donors (Lipinski definition) is 1. The van der Waals surface area contributed by atoms with E-state index >= 15 is 0 Å². The molecule has 5 rings (SSSR count). The molecule has 5 nitrogen and oxygen atoms in total. The Balaban J connectivity index is 1.15. The lowest BCUT2D eigenvalue weighted by Crippen LogP contribution is -2.48. The maximum Gasteiger partial charge on any atom is 0.317 e. The number of carbonyl (C=O) groups excluding carboxylic acids is 1. The molecule has 2 aromatic heterocycles. The number of hydrogen-bond acceptors (Lipinski definition) is 6. The molecule has 0 spiro atoms. The van der Waals surface area contributed by atoms with Gasteiger partial charge in [-0.25, -0.2) is 0 Å². The highest BCUT2D eigenvalue weighted by atomic mass is 32.1. The molecule has 3 aromatic rings. The molecule has 0 amide bonds. The Labute approximate surface area is 217 Å². The highest BCUT2D eigenvalue weighted by molar-refractivity contribution is 7.10. The maximum absolute atomic E-state index is 13.7. The van der Waals surface area contributed by atoms with E-state index in [1.54, 1.807) is 11.3 Å². The quantitative estimate of drug-likeness (QED) is 0.141. The van der Waals surface area contributed by atoms with E-state index < -0.39 is 5.41 Å². The summed E-state index contributed by atoms with van der Waals surface area (Å²) in [5, 5.41) is 9.77. The standard InChI is InChI=1S/C30H36N2O3S/c1-2-22-19-27(34-29(33)30(28-13-10-18-36-28)15-8-3-4-9-16-30)25(22)14-17-31-21-24-20-26(35-32-24)23-11-6-5-7-12-23/h2,5-7,10-13,18,20,22,25,27,31H,1,3-4,8-9,14-17,19,21H2/t22?,25?,27-/m0/s1. The summed E-state index contributed by atoms with van der Waals surface area (Å²) in [5.74, 6) is 1.48. The molecule has 2 aliphatic rings. The van der Waals surface area contributed by atoms with Crippen molar-refractivity contribution < 1.29 is 14.1 Å². The largest absolute Gasteiger partial charge is 0.461 e. The van der Waals surface area contributed by atoms with Gasteiger partial charge >= 0.3 is 5.97 Å². The third-order valence-electron chi connectivity index (χ3n) is 8.01. The van der Waals surface area contributed by atoms with Gasteiger partial charge in [0.2, 0.25) is 0 Å². The molecular formula is C30H36N2O3S. The molecule has 2 fully saturated rings. The summed E-state index contributed by atoms with van der Waals surface area (Å²) in [6, 6.07) is 16.2. The van der Waals surface area contributed by atoms with Gasteiger partial charge in [-0.3, -0.25) is 4.79 Å². The van der Waals surface area contributed by atoms with E-state index in [-0.39, 0.29) is 12.1 Å². The second kappa shape index (κ2) is 11.6. The molecule has 190 valence electrons. The number of aromatic nitrogens is 1. The second-order valence-corrected chi connectivity index (χ2v) is 11.2. The van der Waals surface area contributed by atoms with Gasteiger partial charge in [0, 0.05) is 29.0 Å². The summed E-state index contributed by atoms with van der Waals surface area (Å²) in [4.78, 5) is 14.8. The van der Waals surface area contributed by atoms with Gasteiger partial charge in [-0.15, -0.1) is 17.9 Å². The molecular weight excluding hydrogens is 468 g/mol. The van der Waals surface area contributed by atoms with Crippen molar-refractivity contribution >= 4 is 17.3 Å². The number of benzene rings is 1. The molecule has 0 bridgehead atoms. The average molecular weight is 505 g/mol. The summed E-state index contributed by atoms with van der Waals surface area (Å²) in [6.45, 7) is 5.50. The van der Waals surface area contributed by atoms with Crippen LogP contribution in [0.2, 0.25) is 0 Å². The monoisotopic (exact) mass is 504 g/mol. The number of ether oxygens (including phenoxy) is 1. The smallest absolute Gasteiger partial charge is 0.317 e. The van der Waals surface area contributed by atoms with E-state index in [9.17, 15) is 4.79 Å². The zero-order chi connectivity index (χ0) is 24.8. The van der Waals surface area contributed by atoms with Crippen LogP contribution in [0.3, 0.4) is 0 Å². The van der Waals surface area contributed by atoms with Gasteiger partial charge in [-0.1, -0.05) is 73.3 Å². The van der Waals surface area contributed by atoms with Crippen molar-refractivity contribution in [1.29, 1.82) is 0 Å². The van der Waals surface area contributed by atoms with E-state index in [1.165, 1.54) is 17.7 Å². The van der Waals surface area contributed by atoms with Crippen LogP contribution in [0.5, 0.6) is 0 Å². The molecule has 1 aromatic carbocycles. The first kappa shape index (κ1) is 25.0. The Hall–Kier alpha value is -2.70. The zero-order valence-electron chi connectivity index (χ0n) is 20.9. The van der Waals surface area contributed by atoms with Crippen molar-refractivity contribution in [2.45, 2.75) is 69.4 Å². The van der Waals surface area contributed by atoms with Crippen LogP contribution in [-0.2, 0) is 21.5 Å². The van der Waals surface area contributed by atoms with Crippen molar-refractivity contribution in [2.24, 2.45) is 11.8 Å². The SMILES string of the molecule is C=CC1C[C@H](OC(=O)C2(c3cccs3)CCCCCC2)C1CCNCc1cc(-c2ccccc2)on1. The normalized spacial score (nSPS) is 23.4. The van der Waals surface area contributed by atoms with Crippen molar-refractivity contribution in [3.63, 3.8) is 0 Å². The molecule has 2 unspecified atom stereocenters. The number of nitrogens with one attached hydrogen (secondary N) is 1. The highest BCUT2D eigenvalue weighted by Gasteiger charge is 2.47. The third-order valence-corrected chi connectivity index (χ3v) is 9.09. The van der Waals surface area contributed by atoms with Gasteiger partial charge in [-0.2, -0.15) is 0 Å². The topological polar surface area (TPSA) is 64.4 Å². The molecule has 0 radical (unpaired) electrons. The zero-order valence-corrected chi connectivity index (χ0v) is 21.7. The minimum atomic E-state index is -0.462. The van der Waals surface area contributed by atoms with E-state index in [2.05, 4.69) is 34.6 Å². The van der Waals surface area contributed by atoms with Crippen LogP contribution in [0.25, 0.3) is 11.3 Å². The number of esters is 1. The molecule has 2 saturated carbocycles. The molecule has 2 aliphatic carbocycles. The predicted octanol–water partition coefficient (Wildman–Crippen LogP) is 6.91. The maximum atomic E-state index is 13.7. The van der Waals surface area contributed by atoms with Crippen molar-refractivity contribution in [2.75, 3.05) is 6.54 Å². The fraction of sp³-hybridized carbons (Fsp3) is 0.467. The number of allylic oxidation sites excluding steroid dienone is 1. The number of rotatable bonds is 10. The molecule has 6 heteroatoms. The fourth-order valence-electron chi connectivity index (χ4n) is 5.81. The Kier molecular flexibility index (Phi) is 8.02. The van der Waals surface area contributed by atoms with Crippen LogP contribution >= 0.6 is 11.3 Å². The van der Waals surface area contributed by atoms with Crippen molar-refractivity contribution in [3.8, 4) is 11.3 Å². The lowest BCUT2D eigenvalue weighted by molar-refractivity contribution is -0.169. The van der Waals surface area contributed by atoms with E-state index in [0.717, 1.165) is 62.1 Å². The summed E-state index contributed by atoms with van der Waals surface area (Å²) >= 11 is 1.70. The van der Waals surface area contributed by atoms with Gasteiger partial charge in [-0.05, 0) is 49.6 Å². The molecule has 1 N–H and O–H groups in total. The number of thiophene rings is 1. The van der Waals surface area contributed by atoms with E-state index in [1.807, 2.05) is 42.5 Å². The second-order valence-electron chi connectivity index (χ2n) is 10.2. The predicted molar refractivity (Wildman–Crippen MR) is 144 cm³/mol. The summed E-state index contributed by atoms with van der Waals surface area (Å²) < 4.78 is 11.8.